The molecule has 0 aromatic carbocycles. The van der Waals surface area contributed by atoms with Gasteiger partial charge in [0.2, 0.25) is 0 Å². The number of carbonyl (C=O) groups is 1. The van der Waals surface area contributed by atoms with Gasteiger partial charge in [0.25, 0.3) is 0 Å². The van der Waals surface area contributed by atoms with E-state index in [1.165, 1.54) is 0 Å². The average molecular weight is 320 g/mol. The van der Waals surface area contributed by atoms with Gasteiger partial charge in [0.15, 0.2) is 16.6 Å². The first kappa shape index (κ1) is 17.7. The summed E-state index contributed by atoms with van der Waals surface area (Å²) in [6, 6.07) is -0.0693. The molecule has 20 heavy (non-hydrogen) atoms. The molecule has 118 valence electrons. The smallest absolute Gasteiger partial charge is 0.407 e. The number of cyclic esters (lactones) is 1. The first-order valence-electron chi connectivity index (χ1n) is 7.17. The Balaban J connectivity index is 2.85. The third-order valence-electron chi connectivity index (χ3n) is 2.80. The van der Waals surface area contributed by atoms with E-state index in [0.29, 0.717) is 6.42 Å². The summed E-state index contributed by atoms with van der Waals surface area (Å²) >= 11 is 0. The van der Waals surface area contributed by atoms with Crippen LogP contribution >= 0.6 is 0 Å². The SMILES string of the molecule is C[C@H]1OC(=O)NC1CC(C)(O[Si](C)(C)C)O[Si](C)(C)C. The molecule has 1 fully saturated rings. The zero-order chi connectivity index (χ0) is 15.8. The van der Waals surface area contributed by atoms with E-state index in [0.717, 1.165) is 0 Å². The molecule has 0 saturated carbocycles. The molecule has 0 aromatic rings. The largest absolute Gasteiger partial charge is 0.444 e. The number of amides is 1. The Morgan fingerprint density at radius 2 is 1.60 bits per heavy atom. The van der Waals surface area contributed by atoms with Gasteiger partial charge < -0.3 is 18.9 Å². The highest BCUT2D eigenvalue weighted by atomic mass is 28.4. The molecule has 0 aromatic heterocycles. The first-order valence-corrected chi connectivity index (χ1v) is 14.0. The van der Waals surface area contributed by atoms with Crippen molar-refractivity contribution in [1.82, 2.24) is 5.32 Å². The zero-order valence-corrected chi connectivity index (χ0v) is 16.0. The minimum atomic E-state index is -1.76. The van der Waals surface area contributed by atoms with Crippen LogP contribution in [0.15, 0.2) is 0 Å². The lowest BCUT2D eigenvalue weighted by Gasteiger charge is -2.41. The fraction of sp³-hybridized carbons (Fsp3) is 0.923. The van der Waals surface area contributed by atoms with Crippen LogP contribution in [0, 0.1) is 0 Å². The van der Waals surface area contributed by atoms with Crippen molar-refractivity contribution in [2.24, 2.45) is 0 Å². The topological polar surface area (TPSA) is 56.8 Å². The fourth-order valence-corrected chi connectivity index (χ4v) is 5.49. The van der Waals surface area contributed by atoms with Crippen LogP contribution in [0.3, 0.4) is 0 Å². The molecule has 0 spiro atoms. The van der Waals surface area contributed by atoms with Gasteiger partial charge in [-0.05, 0) is 53.1 Å². The summed E-state index contributed by atoms with van der Waals surface area (Å²) in [4.78, 5) is 11.3. The van der Waals surface area contributed by atoms with Crippen molar-refractivity contribution in [3.05, 3.63) is 0 Å². The van der Waals surface area contributed by atoms with E-state index in [4.69, 9.17) is 13.6 Å². The highest BCUT2D eigenvalue weighted by Gasteiger charge is 2.42. The van der Waals surface area contributed by atoms with E-state index in [1.807, 2.05) is 13.8 Å². The van der Waals surface area contributed by atoms with E-state index in [1.54, 1.807) is 0 Å². The van der Waals surface area contributed by atoms with Crippen LogP contribution in [0.1, 0.15) is 20.3 Å². The molecule has 0 bridgehead atoms. The Labute approximate surface area is 124 Å². The van der Waals surface area contributed by atoms with Crippen molar-refractivity contribution < 1.29 is 18.4 Å². The molecular formula is C13H29NO4Si2. The standard InChI is InChI=1S/C13H29NO4Si2/c1-10-11(14-12(15)16-10)9-13(2,17-19(3,4)5)18-20(6,7)8/h10-11H,9H2,1-8H3,(H,14,15)/t10-,11?/m1/s1. The van der Waals surface area contributed by atoms with E-state index < -0.39 is 22.4 Å². The second-order valence-electron chi connectivity index (χ2n) is 7.63. The number of rotatable bonds is 6. The van der Waals surface area contributed by atoms with Gasteiger partial charge in [-0.3, -0.25) is 0 Å². The lowest BCUT2D eigenvalue weighted by molar-refractivity contribution is -0.124. The van der Waals surface area contributed by atoms with Crippen LogP contribution in [-0.2, 0) is 13.6 Å². The lowest BCUT2D eigenvalue weighted by Crippen LogP contribution is -2.52. The van der Waals surface area contributed by atoms with Crippen LogP contribution < -0.4 is 5.32 Å². The monoisotopic (exact) mass is 319 g/mol. The molecular weight excluding hydrogens is 290 g/mol. The summed E-state index contributed by atoms with van der Waals surface area (Å²) in [5.41, 5.74) is 0. The fourth-order valence-electron chi connectivity index (χ4n) is 2.57. The van der Waals surface area contributed by atoms with Gasteiger partial charge in [-0.1, -0.05) is 0 Å². The summed E-state index contributed by atoms with van der Waals surface area (Å²) in [5, 5.41) is 2.84. The molecule has 7 heteroatoms. The van der Waals surface area contributed by atoms with Crippen molar-refractivity contribution in [1.29, 1.82) is 0 Å². The highest BCUT2D eigenvalue weighted by Crippen LogP contribution is 2.30. The van der Waals surface area contributed by atoms with Crippen LogP contribution in [-0.4, -0.2) is 40.7 Å². The molecule has 2 atom stereocenters. The third kappa shape index (κ3) is 5.94. The summed E-state index contributed by atoms with van der Waals surface area (Å²) in [5.74, 6) is -0.672. The number of hydrogen-bond acceptors (Lipinski definition) is 4. The van der Waals surface area contributed by atoms with Gasteiger partial charge in [0.05, 0.1) is 6.04 Å². The number of ether oxygens (including phenoxy) is 1. The van der Waals surface area contributed by atoms with Crippen LogP contribution in [0.25, 0.3) is 0 Å². The molecule has 1 aliphatic rings. The van der Waals surface area contributed by atoms with Gasteiger partial charge in [-0.25, -0.2) is 4.79 Å². The number of alkyl carbamates (subject to hydrolysis) is 1. The van der Waals surface area contributed by atoms with Crippen molar-refractivity contribution >= 4 is 22.7 Å². The molecule has 5 nitrogen and oxygen atoms in total. The van der Waals surface area contributed by atoms with Gasteiger partial charge in [-0.15, -0.1) is 0 Å². The average Bonchev–Trinajstić information content (AvgIpc) is 2.36. The Morgan fingerprint density at radius 1 is 1.15 bits per heavy atom. The predicted octanol–water partition coefficient (Wildman–Crippen LogP) is 3.29. The summed E-state index contributed by atoms with van der Waals surface area (Å²) in [7, 11) is -3.52. The number of hydrogen-bond donors (Lipinski definition) is 1. The minimum absolute atomic E-state index is 0.0693. The molecule has 1 rings (SSSR count). The van der Waals surface area contributed by atoms with Crippen LogP contribution in [0.5, 0.6) is 0 Å². The molecule has 1 heterocycles. The van der Waals surface area contributed by atoms with Gasteiger partial charge in [0.1, 0.15) is 11.9 Å². The molecule has 1 aliphatic heterocycles. The second-order valence-corrected chi connectivity index (χ2v) is 16.5. The Morgan fingerprint density at radius 3 is 1.90 bits per heavy atom. The summed E-state index contributed by atoms with van der Waals surface area (Å²) < 4.78 is 17.7. The molecule has 1 unspecified atom stereocenters. The number of nitrogens with one attached hydrogen (secondary N) is 1. The summed E-state index contributed by atoms with van der Waals surface area (Å²) in [6.45, 7) is 16.8. The van der Waals surface area contributed by atoms with Crippen LogP contribution in [0.2, 0.25) is 39.3 Å². The highest BCUT2D eigenvalue weighted by molar-refractivity contribution is 6.71. The maximum atomic E-state index is 11.3. The van der Waals surface area contributed by atoms with Crippen LogP contribution in [0.4, 0.5) is 4.79 Å². The van der Waals surface area contributed by atoms with E-state index in [9.17, 15) is 4.79 Å². The van der Waals surface area contributed by atoms with Crippen molar-refractivity contribution in [3.63, 3.8) is 0 Å². The van der Waals surface area contributed by atoms with E-state index in [2.05, 4.69) is 44.6 Å². The lowest BCUT2D eigenvalue weighted by atomic mass is 10.0. The Bertz CT molecular complexity index is 346. The van der Waals surface area contributed by atoms with Crippen molar-refractivity contribution in [3.8, 4) is 0 Å². The van der Waals surface area contributed by atoms with E-state index in [-0.39, 0.29) is 18.2 Å². The second kappa shape index (κ2) is 5.78. The van der Waals surface area contributed by atoms with Gasteiger partial charge in [-0.2, -0.15) is 0 Å². The maximum absolute atomic E-state index is 11.3. The Kier molecular flexibility index (Phi) is 5.11. The zero-order valence-electron chi connectivity index (χ0n) is 14.0. The molecule has 1 N–H and O–H groups in total. The van der Waals surface area contributed by atoms with Gasteiger partial charge in [0, 0.05) is 6.42 Å². The first-order chi connectivity index (χ1) is 8.80. The van der Waals surface area contributed by atoms with Crippen molar-refractivity contribution in [2.75, 3.05) is 0 Å². The normalized spacial score (nSPS) is 24.5. The van der Waals surface area contributed by atoms with E-state index >= 15 is 0 Å². The Hall–Kier alpha value is -0.376. The molecule has 1 saturated heterocycles. The molecule has 1 amide bonds. The predicted molar refractivity (Wildman–Crippen MR) is 84.8 cm³/mol. The third-order valence-corrected chi connectivity index (χ3v) is 4.89. The number of carbonyl (C=O) groups excluding carboxylic acids is 1. The molecule has 0 radical (unpaired) electrons. The maximum Gasteiger partial charge on any atom is 0.407 e. The molecule has 0 aliphatic carbocycles. The quantitative estimate of drug-likeness (QED) is 0.603. The minimum Gasteiger partial charge on any atom is -0.444 e. The van der Waals surface area contributed by atoms with Crippen molar-refractivity contribution in [2.45, 2.75) is 77.5 Å². The van der Waals surface area contributed by atoms with Gasteiger partial charge >= 0.3 is 6.09 Å². The summed E-state index contributed by atoms with van der Waals surface area (Å²) in [6.07, 6.45) is 0.0946.